The minimum Gasteiger partial charge on any atom is -0.497 e. The van der Waals surface area contributed by atoms with Crippen molar-refractivity contribution < 1.29 is 9.47 Å². The van der Waals surface area contributed by atoms with E-state index in [1.165, 1.54) is 25.8 Å². The molecule has 0 unspecified atom stereocenters. The maximum atomic E-state index is 5.96. The largest absolute Gasteiger partial charge is 0.497 e. The highest BCUT2D eigenvalue weighted by molar-refractivity contribution is 5.63. The van der Waals surface area contributed by atoms with Crippen LogP contribution in [0.5, 0.6) is 11.5 Å². The van der Waals surface area contributed by atoms with Crippen LogP contribution in [0.15, 0.2) is 60.9 Å². The molecule has 32 heavy (non-hydrogen) atoms. The molecule has 4 rings (SSSR count). The SMILES string of the molecule is CCCN(CCOc1ccc(Nc2ncc(-c3ccc(OC)cc3)cn2)cc1)CC1CC1. The van der Waals surface area contributed by atoms with Crippen LogP contribution in [-0.4, -0.2) is 48.2 Å². The number of anilines is 2. The summed E-state index contributed by atoms with van der Waals surface area (Å²) in [6.45, 7) is 6.31. The third-order valence-electron chi connectivity index (χ3n) is 5.62. The number of hydrogen-bond acceptors (Lipinski definition) is 6. The summed E-state index contributed by atoms with van der Waals surface area (Å²) < 4.78 is 11.2. The maximum Gasteiger partial charge on any atom is 0.227 e. The van der Waals surface area contributed by atoms with E-state index in [0.29, 0.717) is 5.95 Å². The lowest BCUT2D eigenvalue weighted by Crippen LogP contribution is -2.31. The quantitative estimate of drug-likeness (QED) is 0.414. The Hall–Kier alpha value is -3.12. The monoisotopic (exact) mass is 432 g/mol. The van der Waals surface area contributed by atoms with Gasteiger partial charge in [0.1, 0.15) is 18.1 Å². The maximum absolute atomic E-state index is 5.96. The Labute approximate surface area is 190 Å². The van der Waals surface area contributed by atoms with Gasteiger partial charge in [0.2, 0.25) is 5.95 Å². The van der Waals surface area contributed by atoms with Crippen molar-refractivity contribution in [2.75, 3.05) is 38.7 Å². The summed E-state index contributed by atoms with van der Waals surface area (Å²) in [6.07, 6.45) is 7.61. The Morgan fingerprint density at radius 2 is 1.59 bits per heavy atom. The highest BCUT2D eigenvalue weighted by Crippen LogP contribution is 2.29. The first-order valence-electron chi connectivity index (χ1n) is 11.4. The second-order valence-corrected chi connectivity index (χ2v) is 8.27. The highest BCUT2D eigenvalue weighted by atomic mass is 16.5. The van der Waals surface area contributed by atoms with E-state index in [0.717, 1.165) is 53.9 Å². The van der Waals surface area contributed by atoms with Crippen LogP contribution in [0, 0.1) is 5.92 Å². The molecule has 0 bridgehead atoms. The summed E-state index contributed by atoms with van der Waals surface area (Å²) >= 11 is 0. The summed E-state index contributed by atoms with van der Waals surface area (Å²) in [4.78, 5) is 11.4. The third kappa shape index (κ3) is 6.44. The molecule has 0 saturated heterocycles. The summed E-state index contributed by atoms with van der Waals surface area (Å²) in [7, 11) is 1.66. The van der Waals surface area contributed by atoms with Crippen molar-refractivity contribution >= 4 is 11.6 Å². The van der Waals surface area contributed by atoms with Crippen LogP contribution in [-0.2, 0) is 0 Å². The molecular formula is C26H32N4O2. The minimum absolute atomic E-state index is 0.561. The Morgan fingerprint density at radius 1 is 0.906 bits per heavy atom. The van der Waals surface area contributed by atoms with E-state index in [4.69, 9.17) is 9.47 Å². The van der Waals surface area contributed by atoms with E-state index in [-0.39, 0.29) is 0 Å². The van der Waals surface area contributed by atoms with Gasteiger partial charge in [0.25, 0.3) is 0 Å². The van der Waals surface area contributed by atoms with Crippen molar-refractivity contribution in [1.82, 2.24) is 14.9 Å². The molecule has 1 aliphatic carbocycles. The topological polar surface area (TPSA) is 59.5 Å². The van der Waals surface area contributed by atoms with Gasteiger partial charge in [0, 0.05) is 36.7 Å². The summed E-state index contributed by atoms with van der Waals surface area (Å²) in [5, 5.41) is 3.24. The van der Waals surface area contributed by atoms with Crippen molar-refractivity contribution in [2.45, 2.75) is 26.2 Å². The average Bonchev–Trinajstić information content (AvgIpc) is 3.65. The van der Waals surface area contributed by atoms with Gasteiger partial charge >= 0.3 is 0 Å². The smallest absolute Gasteiger partial charge is 0.227 e. The zero-order chi connectivity index (χ0) is 22.2. The van der Waals surface area contributed by atoms with Gasteiger partial charge in [0.05, 0.1) is 7.11 Å². The normalized spacial score (nSPS) is 13.2. The fourth-order valence-corrected chi connectivity index (χ4v) is 3.66. The van der Waals surface area contributed by atoms with E-state index in [2.05, 4.69) is 27.1 Å². The summed E-state index contributed by atoms with van der Waals surface area (Å²) in [6, 6.07) is 15.8. The highest BCUT2D eigenvalue weighted by Gasteiger charge is 2.23. The van der Waals surface area contributed by atoms with Crippen molar-refractivity contribution in [3.63, 3.8) is 0 Å². The molecule has 1 fully saturated rings. The number of aromatic nitrogens is 2. The number of nitrogens with zero attached hydrogens (tertiary/aromatic N) is 3. The van der Waals surface area contributed by atoms with Crippen molar-refractivity contribution in [1.29, 1.82) is 0 Å². The predicted molar refractivity (Wildman–Crippen MR) is 129 cm³/mol. The molecule has 0 spiro atoms. The number of nitrogens with one attached hydrogen (secondary N) is 1. The number of rotatable bonds is 12. The Bertz CT molecular complexity index is 955. The first-order chi connectivity index (χ1) is 15.7. The molecule has 1 saturated carbocycles. The van der Waals surface area contributed by atoms with Gasteiger partial charge < -0.3 is 14.8 Å². The molecule has 2 aromatic carbocycles. The molecule has 1 aromatic heterocycles. The molecule has 168 valence electrons. The van der Waals surface area contributed by atoms with Gasteiger partial charge in [-0.2, -0.15) is 0 Å². The fraction of sp³-hybridized carbons (Fsp3) is 0.385. The molecule has 0 atom stereocenters. The minimum atomic E-state index is 0.561. The standard InChI is InChI=1S/C26H32N4O2/c1-3-14-30(19-20-4-5-20)15-16-32-25-12-8-23(9-13-25)29-26-27-17-22(18-28-26)21-6-10-24(31-2)11-7-21/h6-13,17-18,20H,3-5,14-16,19H2,1-2H3,(H,27,28,29). The molecule has 1 heterocycles. The molecule has 6 nitrogen and oxygen atoms in total. The Kier molecular flexibility index (Phi) is 7.56. The van der Waals surface area contributed by atoms with E-state index >= 15 is 0 Å². The lowest BCUT2D eigenvalue weighted by Gasteiger charge is -2.21. The van der Waals surface area contributed by atoms with E-state index < -0.39 is 0 Å². The number of ether oxygens (including phenoxy) is 2. The number of benzene rings is 2. The molecule has 0 radical (unpaired) electrons. The van der Waals surface area contributed by atoms with Crippen LogP contribution < -0.4 is 14.8 Å². The van der Waals surface area contributed by atoms with Crippen LogP contribution in [0.3, 0.4) is 0 Å². The van der Waals surface area contributed by atoms with Gasteiger partial charge in [-0.25, -0.2) is 9.97 Å². The average molecular weight is 433 g/mol. The van der Waals surface area contributed by atoms with Gasteiger partial charge in [0.15, 0.2) is 0 Å². The third-order valence-corrected chi connectivity index (χ3v) is 5.62. The van der Waals surface area contributed by atoms with Crippen LogP contribution in [0.4, 0.5) is 11.6 Å². The lowest BCUT2D eigenvalue weighted by atomic mass is 10.1. The van der Waals surface area contributed by atoms with Gasteiger partial charge in [-0.05, 0) is 73.7 Å². The van der Waals surface area contributed by atoms with Crippen LogP contribution in [0.2, 0.25) is 0 Å². The van der Waals surface area contributed by atoms with Crippen molar-refractivity contribution in [3.8, 4) is 22.6 Å². The Balaban J connectivity index is 1.26. The molecule has 1 aliphatic rings. The number of methoxy groups -OCH3 is 1. The lowest BCUT2D eigenvalue weighted by molar-refractivity contribution is 0.203. The summed E-state index contributed by atoms with van der Waals surface area (Å²) in [5.41, 5.74) is 2.94. The zero-order valence-corrected chi connectivity index (χ0v) is 19.0. The number of hydrogen-bond donors (Lipinski definition) is 1. The van der Waals surface area contributed by atoms with Gasteiger partial charge in [-0.1, -0.05) is 19.1 Å². The second kappa shape index (κ2) is 11.0. The molecule has 3 aromatic rings. The first kappa shape index (κ1) is 22.1. The van der Waals surface area contributed by atoms with E-state index in [1.54, 1.807) is 7.11 Å². The molecule has 0 aliphatic heterocycles. The summed E-state index contributed by atoms with van der Waals surface area (Å²) in [5.74, 6) is 3.19. The van der Waals surface area contributed by atoms with Crippen molar-refractivity contribution in [2.24, 2.45) is 5.92 Å². The molecular weight excluding hydrogens is 400 g/mol. The van der Waals surface area contributed by atoms with E-state index in [9.17, 15) is 0 Å². The van der Waals surface area contributed by atoms with Gasteiger partial charge in [-0.15, -0.1) is 0 Å². The van der Waals surface area contributed by atoms with Gasteiger partial charge in [-0.3, -0.25) is 4.90 Å². The van der Waals surface area contributed by atoms with E-state index in [1.807, 2.05) is 60.9 Å². The van der Waals surface area contributed by atoms with Crippen LogP contribution >= 0.6 is 0 Å². The zero-order valence-electron chi connectivity index (χ0n) is 19.0. The van der Waals surface area contributed by atoms with Crippen molar-refractivity contribution in [3.05, 3.63) is 60.9 Å². The Morgan fingerprint density at radius 3 is 2.22 bits per heavy atom. The molecule has 6 heteroatoms. The van der Waals surface area contributed by atoms with Crippen LogP contribution in [0.1, 0.15) is 26.2 Å². The molecule has 0 amide bonds. The predicted octanol–water partition coefficient (Wildman–Crippen LogP) is 5.40. The molecule has 1 N–H and O–H groups in total. The van der Waals surface area contributed by atoms with Crippen LogP contribution in [0.25, 0.3) is 11.1 Å². The first-order valence-corrected chi connectivity index (χ1v) is 11.4. The fourth-order valence-electron chi connectivity index (χ4n) is 3.66. The second-order valence-electron chi connectivity index (χ2n) is 8.27.